The van der Waals surface area contributed by atoms with E-state index in [1.165, 1.54) is 12.1 Å². The molecule has 1 heterocycles. The molecule has 2 aromatic rings. The molecule has 196 valence electrons. The van der Waals surface area contributed by atoms with Crippen LogP contribution in [-0.2, 0) is 19.4 Å². The minimum atomic E-state index is -3.30. The summed E-state index contributed by atoms with van der Waals surface area (Å²) in [5.41, 5.74) is -0.0426. The maximum absolute atomic E-state index is 14.4. The molecule has 4 atom stereocenters. The van der Waals surface area contributed by atoms with Crippen molar-refractivity contribution in [3.63, 3.8) is 0 Å². The van der Waals surface area contributed by atoms with Crippen LogP contribution in [0.25, 0.3) is 0 Å². The summed E-state index contributed by atoms with van der Waals surface area (Å²) in [6.07, 6.45) is -0.108. The van der Waals surface area contributed by atoms with E-state index in [1.807, 2.05) is 0 Å². The lowest BCUT2D eigenvalue weighted by Gasteiger charge is -2.51. The van der Waals surface area contributed by atoms with E-state index in [2.05, 4.69) is 0 Å². The number of piperidine rings is 1. The second-order valence-electron chi connectivity index (χ2n) is 9.73. The molecule has 0 aromatic heterocycles. The fourth-order valence-electron chi connectivity index (χ4n) is 5.05. The topological polar surface area (TPSA) is 91.8 Å². The number of carboxylic acid groups (broad SMARTS) is 1. The lowest BCUT2D eigenvalue weighted by atomic mass is 9.67. The summed E-state index contributed by atoms with van der Waals surface area (Å²) in [5.74, 6) is -2.70. The molecule has 3 rings (SSSR count). The second-order valence-corrected chi connectivity index (χ2v) is 13.1. The van der Waals surface area contributed by atoms with Gasteiger partial charge < -0.3 is 10.0 Å². The van der Waals surface area contributed by atoms with E-state index in [4.69, 9.17) is 23.2 Å². The van der Waals surface area contributed by atoms with Crippen LogP contribution in [0.4, 0.5) is 4.39 Å². The Hall–Kier alpha value is -2.16. The molecule has 1 aliphatic heterocycles. The molecule has 1 amide bonds. The van der Waals surface area contributed by atoms with Gasteiger partial charge in [0.1, 0.15) is 15.7 Å². The molecular formula is C26H30Cl2FNO5S. The van der Waals surface area contributed by atoms with Gasteiger partial charge in [0.15, 0.2) is 0 Å². The zero-order valence-electron chi connectivity index (χ0n) is 20.4. The number of carbonyl (C=O) groups excluding carboxylic acids is 1. The summed E-state index contributed by atoms with van der Waals surface area (Å²) >= 11 is 12.3. The van der Waals surface area contributed by atoms with Gasteiger partial charge in [0.05, 0.1) is 23.6 Å². The van der Waals surface area contributed by atoms with Gasteiger partial charge in [-0.2, -0.15) is 0 Å². The van der Waals surface area contributed by atoms with Crippen LogP contribution in [0.1, 0.15) is 63.1 Å². The van der Waals surface area contributed by atoms with Crippen LogP contribution >= 0.6 is 23.2 Å². The molecule has 4 unspecified atom stereocenters. The maximum Gasteiger partial charge on any atom is 0.304 e. The van der Waals surface area contributed by atoms with Gasteiger partial charge in [-0.15, -0.1) is 0 Å². The highest BCUT2D eigenvalue weighted by molar-refractivity contribution is 7.91. The zero-order chi connectivity index (χ0) is 26.8. The van der Waals surface area contributed by atoms with Crippen molar-refractivity contribution in [3.05, 3.63) is 69.5 Å². The van der Waals surface area contributed by atoms with E-state index in [0.717, 1.165) is 5.56 Å². The molecule has 0 spiro atoms. The lowest BCUT2D eigenvalue weighted by Crippen LogP contribution is -2.55. The maximum atomic E-state index is 14.4. The number of aliphatic carboxylic acids is 1. The van der Waals surface area contributed by atoms with E-state index in [9.17, 15) is 27.5 Å². The van der Waals surface area contributed by atoms with Crippen LogP contribution in [0.2, 0.25) is 10.0 Å². The number of nitrogens with zero attached hydrogens (tertiary/aromatic N) is 1. The molecule has 0 saturated carbocycles. The van der Waals surface area contributed by atoms with Crippen molar-refractivity contribution in [2.45, 2.75) is 58.0 Å². The van der Waals surface area contributed by atoms with Crippen LogP contribution in [0, 0.1) is 11.2 Å². The van der Waals surface area contributed by atoms with E-state index in [1.54, 1.807) is 56.0 Å². The molecule has 1 saturated heterocycles. The van der Waals surface area contributed by atoms with Crippen LogP contribution in [0.3, 0.4) is 0 Å². The quantitative estimate of drug-likeness (QED) is 0.415. The molecule has 1 aliphatic rings. The Labute approximate surface area is 221 Å². The number of carbonyl (C=O) groups is 2. The summed E-state index contributed by atoms with van der Waals surface area (Å²) in [6, 6.07) is 9.92. The van der Waals surface area contributed by atoms with Crippen LogP contribution in [0.15, 0.2) is 42.5 Å². The Bertz CT molecular complexity index is 1220. The van der Waals surface area contributed by atoms with Crippen molar-refractivity contribution < 1.29 is 27.5 Å². The molecule has 10 heteroatoms. The summed E-state index contributed by atoms with van der Waals surface area (Å²) in [5, 5.41) is 10.3. The smallest absolute Gasteiger partial charge is 0.304 e. The van der Waals surface area contributed by atoms with Gasteiger partial charge in [-0.05, 0) is 61.2 Å². The summed E-state index contributed by atoms with van der Waals surface area (Å²) in [7, 11) is -3.30. The third kappa shape index (κ3) is 6.39. The summed E-state index contributed by atoms with van der Waals surface area (Å²) < 4.78 is 38.9. The third-order valence-electron chi connectivity index (χ3n) is 6.93. The third-order valence-corrected chi connectivity index (χ3v) is 9.14. The van der Waals surface area contributed by atoms with Crippen molar-refractivity contribution in [3.8, 4) is 0 Å². The normalized spacial score (nSPS) is 23.5. The fourth-order valence-corrected chi connectivity index (χ4v) is 6.39. The molecule has 0 bridgehead atoms. The minimum absolute atomic E-state index is 0.0184. The largest absolute Gasteiger partial charge is 0.481 e. The Morgan fingerprint density at radius 2 is 1.81 bits per heavy atom. The molecule has 0 aliphatic carbocycles. The van der Waals surface area contributed by atoms with Crippen LogP contribution < -0.4 is 0 Å². The number of rotatable bonds is 9. The molecule has 1 fully saturated rings. The molecule has 0 radical (unpaired) electrons. The Balaban J connectivity index is 2.20. The van der Waals surface area contributed by atoms with E-state index >= 15 is 0 Å². The molecule has 6 nitrogen and oxygen atoms in total. The van der Waals surface area contributed by atoms with Gasteiger partial charge in [0, 0.05) is 27.8 Å². The number of likely N-dealkylation sites (tertiary alicyclic amines) is 1. The number of hydrogen-bond acceptors (Lipinski definition) is 4. The van der Waals surface area contributed by atoms with Gasteiger partial charge in [0.25, 0.3) is 0 Å². The first kappa shape index (κ1) is 28.4. The highest BCUT2D eigenvalue weighted by atomic mass is 35.5. The average Bonchev–Trinajstić information content (AvgIpc) is 2.78. The number of sulfone groups is 1. The number of amides is 1. The van der Waals surface area contributed by atoms with Crippen molar-refractivity contribution in [2.24, 2.45) is 5.41 Å². The Kier molecular flexibility index (Phi) is 8.74. The van der Waals surface area contributed by atoms with E-state index in [-0.39, 0.29) is 35.3 Å². The minimum Gasteiger partial charge on any atom is -0.481 e. The summed E-state index contributed by atoms with van der Waals surface area (Å²) in [6.45, 7) is 4.92. The first-order valence-corrected chi connectivity index (χ1v) is 14.3. The monoisotopic (exact) mass is 557 g/mol. The highest BCUT2D eigenvalue weighted by Crippen LogP contribution is 2.52. The Morgan fingerprint density at radius 3 is 2.36 bits per heavy atom. The number of benzene rings is 2. The SMILES string of the molecule is CCS(=O)(=O)CCC(C)N1C(=O)C(C)(CC(=O)O)CC(c2cc(F)cc(Cl)c2)C1c1ccc(Cl)cc1. The van der Waals surface area contributed by atoms with E-state index in [0.29, 0.717) is 10.6 Å². The van der Waals surface area contributed by atoms with Crippen LogP contribution in [0.5, 0.6) is 0 Å². The van der Waals surface area contributed by atoms with Gasteiger partial charge in [-0.1, -0.05) is 49.2 Å². The average molecular weight is 558 g/mol. The number of carboxylic acids is 1. The van der Waals surface area contributed by atoms with Gasteiger partial charge in [-0.3, -0.25) is 9.59 Å². The first-order valence-electron chi connectivity index (χ1n) is 11.7. The van der Waals surface area contributed by atoms with Crippen molar-refractivity contribution >= 4 is 44.9 Å². The fraction of sp³-hybridized carbons (Fsp3) is 0.462. The molecule has 1 N–H and O–H groups in total. The van der Waals surface area contributed by atoms with Crippen molar-refractivity contribution in [2.75, 3.05) is 11.5 Å². The molecule has 2 aromatic carbocycles. The van der Waals surface area contributed by atoms with Crippen molar-refractivity contribution in [1.82, 2.24) is 4.90 Å². The number of hydrogen-bond donors (Lipinski definition) is 1. The standard InChI is InChI=1S/C26H30Cl2FNO5S/c1-4-36(34,35)10-9-16(2)30-24(17-5-7-19(27)8-6-17)22(18-11-20(28)13-21(29)12-18)14-26(3,25(30)33)15-23(31)32/h5-8,11-13,16,22,24H,4,9-10,14-15H2,1-3H3,(H,31,32). The van der Waals surface area contributed by atoms with E-state index < -0.39 is 51.5 Å². The Morgan fingerprint density at radius 1 is 1.17 bits per heavy atom. The first-order chi connectivity index (χ1) is 16.8. The molecule has 36 heavy (non-hydrogen) atoms. The molecular weight excluding hydrogens is 528 g/mol. The summed E-state index contributed by atoms with van der Waals surface area (Å²) in [4.78, 5) is 27.3. The zero-order valence-corrected chi connectivity index (χ0v) is 22.7. The van der Waals surface area contributed by atoms with Gasteiger partial charge in [-0.25, -0.2) is 12.8 Å². The number of halogens is 3. The predicted molar refractivity (Wildman–Crippen MR) is 139 cm³/mol. The van der Waals surface area contributed by atoms with Crippen LogP contribution in [-0.4, -0.2) is 47.8 Å². The lowest BCUT2D eigenvalue weighted by molar-refractivity contribution is -0.160. The second kappa shape index (κ2) is 11.1. The predicted octanol–water partition coefficient (Wildman–Crippen LogP) is 5.88. The van der Waals surface area contributed by atoms with Crippen molar-refractivity contribution in [1.29, 1.82) is 0 Å². The highest BCUT2D eigenvalue weighted by Gasteiger charge is 2.52. The van der Waals surface area contributed by atoms with Gasteiger partial charge >= 0.3 is 5.97 Å². The van der Waals surface area contributed by atoms with Gasteiger partial charge in [0.2, 0.25) is 5.91 Å².